The number of benzene rings is 1. The van der Waals surface area contributed by atoms with Crippen LogP contribution in [0.1, 0.15) is 104 Å². The highest BCUT2D eigenvalue weighted by Crippen LogP contribution is 2.34. The molecule has 2 aromatic heterocycles. The molecule has 0 spiro atoms. The molecule has 2 aliphatic rings. The van der Waals surface area contributed by atoms with Gasteiger partial charge in [0, 0.05) is 28.9 Å². The molecule has 36 heavy (non-hydrogen) atoms. The van der Waals surface area contributed by atoms with Crippen molar-refractivity contribution in [2.24, 2.45) is 5.92 Å². The second kappa shape index (κ2) is 11.6. The highest BCUT2D eigenvalue weighted by molar-refractivity contribution is 7.09. The van der Waals surface area contributed by atoms with E-state index in [-0.39, 0.29) is 18.4 Å². The number of hydrogen-bond donors (Lipinski definition) is 2. The van der Waals surface area contributed by atoms with Crippen molar-refractivity contribution in [3.05, 3.63) is 52.0 Å². The van der Waals surface area contributed by atoms with Crippen molar-refractivity contribution >= 4 is 34.2 Å². The van der Waals surface area contributed by atoms with Gasteiger partial charge < -0.3 is 15.0 Å². The van der Waals surface area contributed by atoms with Crippen LogP contribution in [-0.4, -0.2) is 32.6 Å². The number of carbonyl (C=O) groups is 2. The highest BCUT2D eigenvalue weighted by Gasteiger charge is 2.25. The fourth-order valence-electron chi connectivity index (χ4n) is 6.23. The van der Waals surface area contributed by atoms with Crippen molar-refractivity contribution in [2.75, 3.05) is 0 Å². The average Bonchev–Trinajstić information content (AvgIpc) is 3.52. The Morgan fingerprint density at radius 2 is 1.81 bits per heavy atom. The molecule has 2 fully saturated rings. The SMILES string of the molecule is O=C(O)CC(CC1CCCCC1)NC(=O)c1ccc2c(c1)nc(Cc1cccs1)n2C1CCCCC1. The van der Waals surface area contributed by atoms with Crippen molar-refractivity contribution in [1.29, 1.82) is 0 Å². The molecular formula is C29H37N3O3S. The Morgan fingerprint density at radius 3 is 2.50 bits per heavy atom. The van der Waals surface area contributed by atoms with Gasteiger partial charge >= 0.3 is 5.97 Å². The largest absolute Gasteiger partial charge is 0.481 e. The summed E-state index contributed by atoms with van der Waals surface area (Å²) < 4.78 is 2.42. The first-order valence-electron chi connectivity index (χ1n) is 13.6. The molecule has 7 heteroatoms. The van der Waals surface area contributed by atoms with Gasteiger partial charge in [-0.3, -0.25) is 9.59 Å². The Morgan fingerprint density at radius 1 is 1.06 bits per heavy atom. The molecule has 2 heterocycles. The monoisotopic (exact) mass is 507 g/mol. The number of imidazole rings is 1. The number of thiophene rings is 1. The molecule has 192 valence electrons. The van der Waals surface area contributed by atoms with Crippen LogP contribution in [0.3, 0.4) is 0 Å². The smallest absolute Gasteiger partial charge is 0.305 e. The van der Waals surface area contributed by atoms with E-state index in [9.17, 15) is 14.7 Å². The molecule has 0 aliphatic heterocycles. The second-order valence-corrected chi connectivity index (χ2v) is 11.7. The first kappa shape index (κ1) is 25.0. The molecule has 1 aromatic carbocycles. The first-order chi connectivity index (χ1) is 17.6. The van der Waals surface area contributed by atoms with Crippen molar-refractivity contribution < 1.29 is 14.7 Å². The summed E-state index contributed by atoms with van der Waals surface area (Å²) in [6, 6.07) is 10.2. The van der Waals surface area contributed by atoms with Crippen molar-refractivity contribution in [1.82, 2.24) is 14.9 Å². The predicted octanol–water partition coefficient (Wildman–Crippen LogP) is 6.74. The minimum absolute atomic E-state index is 0.0360. The number of nitrogens with one attached hydrogen (secondary N) is 1. The molecule has 3 aromatic rings. The van der Waals surface area contributed by atoms with Gasteiger partial charge in [0.2, 0.25) is 0 Å². The van der Waals surface area contributed by atoms with Crippen molar-refractivity contribution in [2.45, 2.75) is 95.6 Å². The number of fused-ring (bicyclic) bond motifs is 1. The maximum absolute atomic E-state index is 13.2. The van der Waals surface area contributed by atoms with E-state index in [4.69, 9.17) is 4.98 Å². The van der Waals surface area contributed by atoms with Gasteiger partial charge in [0.05, 0.1) is 17.5 Å². The summed E-state index contributed by atoms with van der Waals surface area (Å²) in [6.07, 6.45) is 13.5. The topological polar surface area (TPSA) is 84.2 Å². The minimum atomic E-state index is -0.865. The molecule has 0 radical (unpaired) electrons. The van der Waals surface area contributed by atoms with Gasteiger partial charge in [-0.25, -0.2) is 4.98 Å². The second-order valence-electron chi connectivity index (χ2n) is 10.7. The zero-order chi connectivity index (χ0) is 24.9. The molecule has 6 nitrogen and oxygen atoms in total. The lowest BCUT2D eigenvalue weighted by Crippen LogP contribution is -2.38. The third-order valence-corrected chi connectivity index (χ3v) is 8.85. The zero-order valence-electron chi connectivity index (χ0n) is 21.0. The van der Waals surface area contributed by atoms with Crippen LogP contribution in [0.25, 0.3) is 11.0 Å². The quantitative estimate of drug-likeness (QED) is 0.336. The number of amides is 1. The van der Waals surface area contributed by atoms with E-state index in [1.165, 1.54) is 56.2 Å². The average molecular weight is 508 g/mol. The molecule has 0 bridgehead atoms. The fraction of sp³-hybridized carbons (Fsp3) is 0.552. The number of carboxylic acid groups (broad SMARTS) is 1. The molecule has 2 aliphatic carbocycles. The summed E-state index contributed by atoms with van der Waals surface area (Å²) in [5.74, 6) is 0.497. The molecule has 2 saturated carbocycles. The molecule has 1 unspecified atom stereocenters. The highest BCUT2D eigenvalue weighted by atomic mass is 32.1. The summed E-state index contributed by atoms with van der Waals surface area (Å²) in [4.78, 5) is 31.1. The third-order valence-electron chi connectivity index (χ3n) is 7.98. The number of carboxylic acids is 1. The third kappa shape index (κ3) is 6.00. The standard InChI is InChI=1S/C29H37N3O3S/c33-28(34)18-22(16-20-8-3-1-4-9-20)30-29(35)21-13-14-26-25(17-21)31-27(19-24-12-7-15-36-24)32(26)23-10-5-2-6-11-23/h7,12-15,17,20,22-23H,1-6,8-11,16,18-19H2,(H,30,35)(H,33,34). The summed E-state index contributed by atoms with van der Waals surface area (Å²) in [6.45, 7) is 0. The van der Waals surface area contributed by atoms with Crippen LogP contribution in [0.4, 0.5) is 0 Å². The Labute approximate surface area is 217 Å². The number of hydrogen-bond acceptors (Lipinski definition) is 4. The number of carbonyl (C=O) groups excluding carboxylic acids is 1. The molecule has 1 atom stereocenters. The van der Waals surface area contributed by atoms with Gasteiger partial charge in [-0.2, -0.15) is 0 Å². The molecular weight excluding hydrogens is 470 g/mol. The summed E-state index contributed by atoms with van der Waals surface area (Å²) in [5, 5.41) is 14.6. The van der Waals surface area contributed by atoms with Crippen molar-refractivity contribution in [3.8, 4) is 0 Å². The maximum Gasteiger partial charge on any atom is 0.305 e. The van der Waals surface area contributed by atoms with Crippen LogP contribution in [0, 0.1) is 5.92 Å². The van der Waals surface area contributed by atoms with Crippen molar-refractivity contribution in [3.63, 3.8) is 0 Å². The molecule has 2 N–H and O–H groups in total. The first-order valence-corrected chi connectivity index (χ1v) is 14.5. The molecule has 0 saturated heterocycles. The summed E-state index contributed by atoms with van der Waals surface area (Å²) in [7, 11) is 0. The van der Waals surface area contributed by atoms with Crippen LogP contribution in [0.15, 0.2) is 35.7 Å². The van der Waals surface area contributed by atoms with Crippen LogP contribution >= 0.6 is 11.3 Å². The van der Waals surface area contributed by atoms with E-state index in [1.54, 1.807) is 11.3 Å². The van der Waals surface area contributed by atoms with Crippen LogP contribution in [0.2, 0.25) is 0 Å². The number of nitrogens with zero attached hydrogens (tertiary/aromatic N) is 2. The van der Waals surface area contributed by atoms with E-state index < -0.39 is 5.97 Å². The van der Waals surface area contributed by atoms with E-state index in [1.807, 2.05) is 18.2 Å². The van der Waals surface area contributed by atoms with Crippen LogP contribution in [-0.2, 0) is 11.2 Å². The Balaban J connectivity index is 1.39. The number of aliphatic carboxylic acids is 1. The summed E-state index contributed by atoms with van der Waals surface area (Å²) >= 11 is 1.75. The van der Waals surface area contributed by atoms with Gasteiger partial charge in [0.15, 0.2) is 0 Å². The van der Waals surface area contributed by atoms with Gasteiger partial charge in [-0.1, -0.05) is 57.4 Å². The minimum Gasteiger partial charge on any atom is -0.481 e. The number of rotatable bonds is 9. The van der Waals surface area contributed by atoms with E-state index in [0.29, 0.717) is 17.5 Å². The van der Waals surface area contributed by atoms with Crippen LogP contribution < -0.4 is 5.32 Å². The lowest BCUT2D eigenvalue weighted by molar-refractivity contribution is -0.137. The maximum atomic E-state index is 13.2. The summed E-state index contributed by atoms with van der Waals surface area (Å²) in [5.41, 5.74) is 2.49. The zero-order valence-corrected chi connectivity index (χ0v) is 21.8. The Bertz CT molecular complexity index is 1170. The van der Waals surface area contributed by atoms with E-state index in [0.717, 1.165) is 42.5 Å². The fourth-order valence-corrected chi connectivity index (χ4v) is 6.93. The van der Waals surface area contributed by atoms with Crippen LogP contribution in [0.5, 0.6) is 0 Å². The number of aromatic nitrogens is 2. The lowest BCUT2D eigenvalue weighted by Gasteiger charge is -2.26. The van der Waals surface area contributed by atoms with Gasteiger partial charge in [0.1, 0.15) is 5.82 Å². The Hall–Kier alpha value is -2.67. The van der Waals surface area contributed by atoms with E-state index >= 15 is 0 Å². The molecule has 1 amide bonds. The Kier molecular flexibility index (Phi) is 8.05. The normalized spacial score (nSPS) is 18.3. The van der Waals surface area contributed by atoms with Gasteiger partial charge in [0.25, 0.3) is 5.91 Å². The predicted molar refractivity (Wildman–Crippen MR) is 144 cm³/mol. The van der Waals surface area contributed by atoms with Gasteiger partial charge in [-0.15, -0.1) is 11.3 Å². The van der Waals surface area contributed by atoms with E-state index in [2.05, 4.69) is 27.4 Å². The van der Waals surface area contributed by atoms with Gasteiger partial charge in [-0.05, 0) is 54.8 Å². The molecule has 5 rings (SSSR count). The lowest BCUT2D eigenvalue weighted by atomic mass is 9.84.